The van der Waals surface area contributed by atoms with Crippen LogP contribution in [-0.2, 0) is 9.59 Å². The fourth-order valence-corrected chi connectivity index (χ4v) is 1.99. The average molecular weight is 169 g/mol. The SMILES string of the molecule is NC(=O)[C@H]1NC(=O)[C@@H]2CNC[C@H]12. The monoisotopic (exact) mass is 169 g/mol. The molecule has 2 aliphatic rings. The van der Waals surface area contributed by atoms with Crippen LogP contribution in [0.1, 0.15) is 0 Å². The summed E-state index contributed by atoms with van der Waals surface area (Å²) in [4.78, 5) is 22.1. The second kappa shape index (κ2) is 2.45. The normalized spacial score (nSPS) is 39.3. The Kier molecular flexibility index (Phi) is 1.54. The molecule has 3 atom stereocenters. The molecule has 0 spiro atoms. The minimum Gasteiger partial charge on any atom is -0.368 e. The van der Waals surface area contributed by atoms with Crippen LogP contribution < -0.4 is 16.4 Å². The maximum absolute atomic E-state index is 11.2. The number of nitrogens with one attached hydrogen (secondary N) is 2. The highest BCUT2D eigenvalue weighted by atomic mass is 16.2. The Hall–Kier alpha value is -1.10. The van der Waals surface area contributed by atoms with Gasteiger partial charge >= 0.3 is 0 Å². The van der Waals surface area contributed by atoms with E-state index in [1.54, 1.807) is 0 Å². The third-order valence-electron chi connectivity index (χ3n) is 2.63. The lowest BCUT2D eigenvalue weighted by Crippen LogP contribution is -2.43. The van der Waals surface area contributed by atoms with Crippen molar-refractivity contribution >= 4 is 11.8 Å². The van der Waals surface area contributed by atoms with Gasteiger partial charge in [-0.15, -0.1) is 0 Å². The largest absolute Gasteiger partial charge is 0.368 e. The van der Waals surface area contributed by atoms with Gasteiger partial charge in [0, 0.05) is 19.0 Å². The molecule has 4 N–H and O–H groups in total. The third-order valence-corrected chi connectivity index (χ3v) is 2.63. The van der Waals surface area contributed by atoms with Crippen molar-refractivity contribution in [1.29, 1.82) is 0 Å². The molecule has 0 aromatic carbocycles. The number of hydrogen-bond donors (Lipinski definition) is 3. The van der Waals surface area contributed by atoms with E-state index in [-0.39, 0.29) is 17.7 Å². The summed E-state index contributed by atoms with van der Waals surface area (Å²) in [7, 11) is 0. The summed E-state index contributed by atoms with van der Waals surface area (Å²) in [6.45, 7) is 1.37. The van der Waals surface area contributed by atoms with Crippen LogP contribution in [0, 0.1) is 11.8 Å². The van der Waals surface area contributed by atoms with Crippen molar-refractivity contribution in [3.05, 3.63) is 0 Å². The Labute approximate surface area is 69.7 Å². The maximum Gasteiger partial charge on any atom is 0.240 e. The van der Waals surface area contributed by atoms with Gasteiger partial charge in [-0.2, -0.15) is 0 Å². The second-order valence-corrected chi connectivity index (χ2v) is 3.32. The first kappa shape index (κ1) is 7.54. The molecule has 0 saturated carbocycles. The van der Waals surface area contributed by atoms with Crippen molar-refractivity contribution in [1.82, 2.24) is 10.6 Å². The van der Waals surface area contributed by atoms with Gasteiger partial charge in [0.1, 0.15) is 6.04 Å². The summed E-state index contributed by atoms with van der Waals surface area (Å²) in [6.07, 6.45) is 0. The summed E-state index contributed by atoms with van der Waals surface area (Å²) < 4.78 is 0. The minimum atomic E-state index is -0.461. The summed E-state index contributed by atoms with van der Waals surface area (Å²) >= 11 is 0. The van der Waals surface area contributed by atoms with E-state index in [1.807, 2.05) is 0 Å². The van der Waals surface area contributed by atoms with Crippen molar-refractivity contribution in [2.24, 2.45) is 17.6 Å². The van der Waals surface area contributed by atoms with Gasteiger partial charge in [0.05, 0.1) is 5.92 Å². The number of nitrogens with two attached hydrogens (primary N) is 1. The van der Waals surface area contributed by atoms with Gasteiger partial charge in [-0.25, -0.2) is 0 Å². The lowest BCUT2D eigenvalue weighted by atomic mass is 9.94. The predicted octanol–water partition coefficient (Wildman–Crippen LogP) is -2.19. The number of primary amides is 1. The van der Waals surface area contributed by atoms with Gasteiger partial charge in [0.2, 0.25) is 11.8 Å². The molecule has 2 saturated heterocycles. The molecule has 2 aliphatic heterocycles. The van der Waals surface area contributed by atoms with Gasteiger partial charge in [-0.1, -0.05) is 0 Å². The summed E-state index contributed by atoms with van der Waals surface area (Å²) in [5, 5.41) is 5.67. The molecule has 2 heterocycles. The Morgan fingerprint density at radius 1 is 1.50 bits per heavy atom. The van der Waals surface area contributed by atoms with E-state index in [9.17, 15) is 9.59 Å². The van der Waals surface area contributed by atoms with Gasteiger partial charge in [-0.3, -0.25) is 9.59 Å². The van der Waals surface area contributed by atoms with Crippen molar-refractivity contribution in [2.75, 3.05) is 13.1 Å². The van der Waals surface area contributed by atoms with Crippen molar-refractivity contribution in [3.8, 4) is 0 Å². The first-order valence-corrected chi connectivity index (χ1v) is 4.00. The van der Waals surface area contributed by atoms with E-state index >= 15 is 0 Å². The Morgan fingerprint density at radius 3 is 2.92 bits per heavy atom. The van der Waals surface area contributed by atoms with E-state index in [2.05, 4.69) is 10.6 Å². The van der Waals surface area contributed by atoms with Crippen LogP contribution in [0.3, 0.4) is 0 Å². The molecule has 0 aromatic rings. The second-order valence-electron chi connectivity index (χ2n) is 3.32. The van der Waals surface area contributed by atoms with E-state index in [1.165, 1.54) is 0 Å². The van der Waals surface area contributed by atoms with E-state index in [4.69, 9.17) is 5.73 Å². The molecule has 0 aliphatic carbocycles. The van der Waals surface area contributed by atoms with E-state index in [0.29, 0.717) is 13.1 Å². The van der Waals surface area contributed by atoms with Crippen molar-refractivity contribution in [3.63, 3.8) is 0 Å². The quantitative estimate of drug-likeness (QED) is 0.416. The average Bonchev–Trinajstić information content (AvgIpc) is 2.53. The number of carbonyl (C=O) groups is 2. The zero-order valence-electron chi connectivity index (χ0n) is 6.54. The van der Waals surface area contributed by atoms with Gasteiger partial charge in [0.25, 0.3) is 0 Å². The summed E-state index contributed by atoms with van der Waals surface area (Å²) in [6, 6.07) is -0.461. The molecular weight excluding hydrogens is 158 g/mol. The molecule has 5 nitrogen and oxygen atoms in total. The Morgan fingerprint density at radius 2 is 2.25 bits per heavy atom. The third kappa shape index (κ3) is 0.896. The molecule has 0 unspecified atom stereocenters. The molecular formula is C7H11N3O2. The zero-order valence-corrected chi connectivity index (χ0v) is 6.54. The van der Waals surface area contributed by atoms with E-state index in [0.717, 1.165) is 0 Å². The molecule has 12 heavy (non-hydrogen) atoms. The van der Waals surface area contributed by atoms with Gasteiger partial charge in [0.15, 0.2) is 0 Å². The first-order chi connectivity index (χ1) is 5.70. The molecule has 2 rings (SSSR count). The predicted molar refractivity (Wildman–Crippen MR) is 41.0 cm³/mol. The highest BCUT2D eigenvalue weighted by molar-refractivity contribution is 5.92. The van der Waals surface area contributed by atoms with Crippen molar-refractivity contribution < 1.29 is 9.59 Å². The highest BCUT2D eigenvalue weighted by Gasteiger charge is 2.47. The molecule has 2 fully saturated rings. The van der Waals surface area contributed by atoms with Crippen LogP contribution in [0.5, 0.6) is 0 Å². The first-order valence-electron chi connectivity index (χ1n) is 4.00. The van der Waals surface area contributed by atoms with Gasteiger partial charge in [-0.05, 0) is 0 Å². The van der Waals surface area contributed by atoms with Crippen LogP contribution in [0.15, 0.2) is 0 Å². The minimum absolute atomic E-state index is 0.0474. The van der Waals surface area contributed by atoms with Crippen LogP contribution in [0.4, 0.5) is 0 Å². The molecule has 5 heteroatoms. The number of rotatable bonds is 1. The summed E-state index contributed by atoms with van der Waals surface area (Å²) in [5.41, 5.74) is 5.13. The molecule has 2 amide bonds. The summed E-state index contributed by atoms with van der Waals surface area (Å²) in [5.74, 6) is -0.467. The standard InChI is InChI=1S/C7H11N3O2/c8-6(11)5-3-1-9-2-4(3)7(12)10-5/h3-5,9H,1-2H2,(H2,8,11)(H,10,12)/t3-,4+,5-/m0/s1. The smallest absolute Gasteiger partial charge is 0.240 e. The van der Waals surface area contributed by atoms with Crippen LogP contribution in [-0.4, -0.2) is 30.9 Å². The Balaban J connectivity index is 2.20. The number of carbonyl (C=O) groups excluding carboxylic acids is 2. The number of amides is 2. The maximum atomic E-state index is 11.2. The Bertz CT molecular complexity index is 241. The lowest BCUT2D eigenvalue weighted by molar-refractivity contribution is -0.125. The van der Waals surface area contributed by atoms with Crippen molar-refractivity contribution in [2.45, 2.75) is 6.04 Å². The lowest BCUT2D eigenvalue weighted by Gasteiger charge is -2.11. The van der Waals surface area contributed by atoms with Crippen LogP contribution in [0.25, 0.3) is 0 Å². The molecule has 0 radical (unpaired) electrons. The molecule has 0 aromatic heterocycles. The van der Waals surface area contributed by atoms with Crippen LogP contribution in [0.2, 0.25) is 0 Å². The zero-order chi connectivity index (χ0) is 8.72. The van der Waals surface area contributed by atoms with Gasteiger partial charge < -0.3 is 16.4 Å². The topological polar surface area (TPSA) is 84.2 Å². The van der Waals surface area contributed by atoms with E-state index < -0.39 is 11.9 Å². The highest BCUT2D eigenvalue weighted by Crippen LogP contribution is 2.26. The fourth-order valence-electron chi connectivity index (χ4n) is 1.99. The molecule has 0 bridgehead atoms. The number of fused-ring (bicyclic) bond motifs is 1. The number of hydrogen-bond acceptors (Lipinski definition) is 3. The fraction of sp³-hybridized carbons (Fsp3) is 0.714. The van der Waals surface area contributed by atoms with Crippen LogP contribution >= 0.6 is 0 Å². The molecule has 66 valence electrons.